The van der Waals surface area contributed by atoms with E-state index >= 15 is 0 Å². The van der Waals surface area contributed by atoms with E-state index in [1.807, 2.05) is 37.4 Å². The van der Waals surface area contributed by atoms with Crippen LogP contribution in [0, 0.1) is 6.92 Å². The van der Waals surface area contributed by atoms with Gasteiger partial charge in [0.15, 0.2) is 10.8 Å². The normalized spacial score (nSPS) is 15.1. The summed E-state index contributed by atoms with van der Waals surface area (Å²) in [5.41, 5.74) is 2.27. The van der Waals surface area contributed by atoms with Gasteiger partial charge >= 0.3 is 0 Å². The molecule has 26 heavy (non-hydrogen) atoms. The van der Waals surface area contributed by atoms with E-state index in [0.29, 0.717) is 11.0 Å². The number of hydrogen-bond acceptors (Lipinski definition) is 6. The van der Waals surface area contributed by atoms with Crippen molar-refractivity contribution in [3.05, 3.63) is 52.8 Å². The molecule has 134 valence electrons. The first-order valence-corrected chi connectivity index (χ1v) is 9.48. The number of benzene rings is 1. The Morgan fingerprint density at radius 3 is 3.00 bits per heavy atom. The number of rotatable bonds is 4. The van der Waals surface area contributed by atoms with Crippen LogP contribution in [0.25, 0.3) is 5.69 Å². The third-order valence-corrected chi connectivity index (χ3v) is 5.55. The third kappa shape index (κ3) is 3.66. The molecule has 2 N–H and O–H groups in total. The van der Waals surface area contributed by atoms with Crippen LogP contribution in [0.1, 0.15) is 39.7 Å². The van der Waals surface area contributed by atoms with E-state index in [-0.39, 0.29) is 11.6 Å². The predicted molar refractivity (Wildman–Crippen MR) is 101 cm³/mol. The molecule has 1 aromatic carbocycles. The van der Waals surface area contributed by atoms with E-state index in [4.69, 9.17) is 0 Å². The van der Waals surface area contributed by atoms with E-state index in [1.54, 1.807) is 22.2 Å². The lowest BCUT2D eigenvalue weighted by molar-refractivity contribution is 0.102. The van der Waals surface area contributed by atoms with Gasteiger partial charge in [0.2, 0.25) is 0 Å². The number of anilines is 1. The molecular formula is C18H20N6OS. The highest BCUT2D eigenvalue weighted by molar-refractivity contribution is 7.15. The Bertz CT molecular complexity index is 912. The van der Waals surface area contributed by atoms with Crippen LogP contribution in [0.15, 0.2) is 36.7 Å². The summed E-state index contributed by atoms with van der Waals surface area (Å²) in [4.78, 5) is 18.0. The van der Waals surface area contributed by atoms with Gasteiger partial charge in [-0.3, -0.25) is 10.1 Å². The SMILES string of the molecule is Cc1cccc(-n2cc(C(=O)Nc3ncc(C4CCNCC4)s3)nn2)c1. The molecule has 1 aliphatic rings. The zero-order valence-electron chi connectivity index (χ0n) is 14.5. The van der Waals surface area contributed by atoms with Gasteiger partial charge in [0.1, 0.15) is 0 Å². The molecule has 0 aliphatic carbocycles. The van der Waals surface area contributed by atoms with Gasteiger partial charge in [0.05, 0.1) is 11.9 Å². The lowest BCUT2D eigenvalue weighted by Crippen LogP contribution is -2.26. The highest BCUT2D eigenvalue weighted by Crippen LogP contribution is 2.31. The molecule has 1 amide bonds. The number of hydrogen-bond donors (Lipinski definition) is 2. The Kier molecular flexibility index (Phi) is 4.77. The molecule has 0 unspecified atom stereocenters. The molecule has 0 bridgehead atoms. The summed E-state index contributed by atoms with van der Waals surface area (Å²) in [6.45, 7) is 4.08. The van der Waals surface area contributed by atoms with Crippen molar-refractivity contribution < 1.29 is 4.79 Å². The van der Waals surface area contributed by atoms with Crippen molar-refractivity contribution >= 4 is 22.4 Å². The number of nitrogens with one attached hydrogen (secondary N) is 2. The third-order valence-electron chi connectivity index (χ3n) is 4.48. The first kappa shape index (κ1) is 16.9. The van der Waals surface area contributed by atoms with Crippen LogP contribution in [-0.4, -0.2) is 39.0 Å². The molecule has 1 aliphatic heterocycles. The summed E-state index contributed by atoms with van der Waals surface area (Å²) < 4.78 is 1.60. The molecule has 0 spiro atoms. The lowest BCUT2D eigenvalue weighted by Gasteiger charge is -2.20. The average molecular weight is 368 g/mol. The number of carbonyl (C=O) groups excluding carboxylic acids is 1. The zero-order chi connectivity index (χ0) is 17.9. The van der Waals surface area contributed by atoms with Crippen LogP contribution in [0.5, 0.6) is 0 Å². The van der Waals surface area contributed by atoms with Gasteiger partial charge < -0.3 is 5.32 Å². The zero-order valence-corrected chi connectivity index (χ0v) is 15.3. The molecule has 0 radical (unpaired) electrons. The minimum absolute atomic E-state index is 0.269. The van der Waals surface area contributed by atoms with Crippen LogP contribution in [-0.2, 0) is 0 Å². The van der Waals surface area contributed by atoms with Crippen molar-refractivity contribution in [2.24, 2.45) is 0 Å². The minimum Gasteiger partial charge on any atom is -0.317 e. The highest BCUT2D eigenvalue weighted by atomic mass is 32.1. The van der Waals surface area contributed by atoms with E-state index in [9.17, 15) is 4.79 Å². The van der Waals surface area contributed by atoms with E-state index in [0.717, 1.165) is 37.2 Å². The Morgan fingerprint density at radius 2 is 2.19 bits per heavy atom. The van der Waals surface area contributed by atoms with Crippen molar-refractivity contribution in [3.8, 4) is 5.69 Å². The molecule has 1 saturated heterocycles. The number of nitrogens with zero attached hydrogens (tertiary/aromatic N) is 4. The highest BCUT2D eigenvalue weighted by Gasteiger charge is 2.19. The summed E-state index contributed by atoms with van der Waals surface area (Å²) in [7, 11) is 0. The monoisotopic (exact) mass is 368 g/mol. The van der Waals surface area contributed by atoms with Crippen molar-refractivity contribution in [2.45, 2.75) is 25.7 Å². The van der Waals surface area contributed by atoms with E-state index < -0.39 is 0 Å². The fourth-order valence-electron chi connectivity index (χ4n) is 3.07. The molecule has 7 nitrogen and oxygen atoms in total. The Balaban J connectivity index is 1.45. The van der Waals surface area contributed by atoms with Crippen LogP contribution >= 0.6 is 11.3 Å². The standard InChI is InChI=1S/C18H20N6OS/c1-12-3-2-4-14(9-12)24-11-15(22-23-24)17(25)21-18-20-10-16(26-18)13-5-7-19-8-6-13/h2-4,9-11,13,19H,5-8H2,1H3,(H,20,21,25). The predicted octanol–water partition coefficient (Wildman–Crippen LogP) is 2.75. The second-order valence-electron chi connectivity index (χ2n) is 6.43. The van der Waals surface area contributed by atoms with Crippen molar-refractivity contribution in [2.75, 3.05) is 18.4 Å². The molecule has 0 saturated carbocycles. The van der Waals surface area contributed by atoms with Crippen LogP contribution in [0.3, 0.4) is 0 Å². The fourth-order valence-corrected chi connectivity index (χ4v) is 4.05. The number of aryl methyl sites for hydroxylation is 1. The van der Waals surface area contributed by atoms with Crippen molar-refractivity contribution in [1.29, 1.82) is 0 Å². The van der Waals surface area contributed by atoms with Crippen LogP contribution in [0.2, 0.25) is 0 Å². The summed E-state index contributed by atoms with van der Waals surface area (Å²) in [5, 5.41) is 14.8. The molecule has 3 heterocycles. The molecule has 2 aromatic heterocycles. The van der Waals surface area contributed by atoms with Crippen molar-refractivity contribution in [1.82, 2.24) is 25.3 Å². The first-order chi connectivity index (χ1) is 12.7. The van der Waals surface area contributed by atoms with Crippen LogP contribution in [0.4, 0.5) is 5.13 Å². The molecular weight excluding hydrogens is 348 g/mol. The molecule has 1 fully saturated rings. The van der Waals surface area contributed by atoms with Gasteiger partial charge in [-0.1, -0.05) is 17.3 Å². The Morgan fingerprint density at radius 1 is 1.35 bits per heavy atom. The molecule has 0 atom stereocenters. The molecule has 3 aromatic rings. The van der Waals surface area contributed by atoms with Gasteiger partial charge in [0, 0.05) is 11.1 Å². The number of amides is 1. The van der Waals surface area contributed by atoms with Crippen LogP contribution < -0.4 is 10.6 Å². The van der Waals surface area contributed by atoms with Gasteiger partial charge in [0.25, 0.3) is 5.91 Å². The minimum atomic E-state index is -0.296. The second-order valence-corrected chi connectivity index (χ2v) is 7.50. The van der Waals surface area contributed by atoms with Crippen molar-refractivity contribution in [3.63, 3.8) is 0 Å². The van der Waals surface area contributed by atoms with Gasteiger partial charge in [-0.05, 0) is 56.5 Å². The first-order valence-electron chi connectivity index (χ1n) is 8.66. The number of piperidine rings is 1. The summed E-state index contributed by atoms with van der Waals surface area (Å²) in [5.74, 6) is 0.233. The summed E-state index contributed by atoms with van der Waals surface area (Å²) >= 11 is 1.54. The van der Waals surface area contributed by atoms with E-state index in [1.165, 1.54) is 4.88 Å². The van der Waals surface area contributed by atoms with Gasteiger partial charge in [-0.25, -0.2) is 9.67 Å². The molecule has 4 rings (SSSR count). The number of thiazole rings is 1. The average Bonchev–Trinajstić information content (AvgIpc) is 3.32. The summed E-state index contributed by atoms with van der Waals surface area (Å²) in [6, 6.07) is 7.87. The second kappa shape index (κ2) is 7.35. The van der Waals surface area contributed by atoms with Gasteiger partial charge in [-0.15, -0.1) is 16.4 Å². The van der Waals surface area contributed by atoms with Gasteiger partial charge in [-0.2, -0.15) is 0 Å². The maximum Gasteiger partial charge on any atom is 0.279 e. The molecule has 8 heteroatoms. The maximum atomic E-state index is 12.4. The maximum absolute atomic E-state index is 12.4. The lowest BCUT2D eigenvalue weighted by atomic mass is 9.97. The Hall–Kier alpha value is -2.58. The Labute approximate surface area is 155 Å². The number of carbonyl (C=O) groups is 1. The number of aromatic nitrogens is 4. The fraction of sp³-hybridized carbons (Fsp3) is 0.333. The summed E-state index contributed by atoms with van der Waals surface area (Å²) in [6.07, 6.45) is 5.73. The van der Waals surface area contributed by atoms with E-state index in [2.05, 4.69) is 25.9 Å². The smallest absolute Gasteiger partial charge is 0.279 e. The largest absolute Gasteiger partial charge is 0.317 e. The quantitative estimate of drug-likeness (QED) is 0.740. The topological polar surface area (TPSA) is 84.7 Å².